The molecule has 216 valence electrons. The zero-order chi connectivity index (χ0) is 29.8. The maximum atomic E-state index is 13.5. The lowest BCUT2D eigenvalue weighted by molar-refractivity contribution is -0.133. The van der Waals surface area contributed by atoms with E-state index in [9.17, 15) is 29.4 Å². The molecule has 0 aromatic heterocycles. The molecular weight excluding hydrogens is 528 g/mol. The van der Waals surface area contributed by atoms with E-state index in [1.807, 2.05) is 24.3 Å². The van der Waals surface area contributed by atoms with Crippen LogP contribution in [0.15, 0.2) is 84.9 Å². The highest BCUT2D eigenvalue weighted by molar-refractivity contribution is 5.94. The molecule has 11 heteroatoms. The summed E-state index contributed by atoms with van der Waals surface area (Å²) in [4.78, 5) is 51.2. The van der Waals surface area contributed by atoms with Gasteiger partial charge in [-0.3, -0.25) is 14.4 Å². The molecule has 4 atom stereocenters. The number of aromatic hydroxyl groups is 1. The van der Waals surface area contributed by atoms with Gasteiger partial charge in [0.2, 0.25) is 17.7 Å². The Bertz CT molecular complexity index is 1300. The van der Waals surface area contributed by atoms with Crippen LogP contribution >= 0.6 is 0 Å². The topological polar surface area (TPSA) is 180 Å². The number of nitrogens with one attached hydrogen (secondary N) is 3. The Morgan fingerprint density at radius 3 is 1.76 bits per heavy atom. The SMILES string of the molecule is C[C@H](O)[C@H](NC(=O)[C@H](Cc1ccc(O)cc1)NC(=O)[C@H](Cc1ccccc1)NC(=O)OCc1ccccc1)C(N)=O. The second-order valence-corrected chi connectivity index (χ2v) is 9.51. The summed E-state index contributed by atoms with van der Waals surface area (Å²) in [6.07, 6.45) is -2.04. The van der Waals surface area contributed by atoms with Crippen molar-refractivity contribution < 1.29 is 34.1 Å². The van der Waals surface area contributed by atoms with Gasteiger partial charge in [-0.15, -0.1) is 0 Å². The van der Waals surface area contributed by atoms with Crippen LogP contribution < -0.4 is 21.7 Å². The molecule has 0 fully saturated rings. The van der Waals surface area contributed by atoms with Crippen molar-refractivity contribution in [3.8, 4) is 5.75 Å². The molecular formula is C30H34N4O7. The number of hydrogen-bond acceptors (Lipinski definition) is 7. The number of benzene rings is 3. The summed E-state index contributed by atoms with van der Waals surface area (Å²) < 4.78 is 5.30. The summed E-state index contributed by atoms with van der Waals surface area (Å²) in [7, 11) is 0. The number of phenols is 1. The first-order valence-corrected chi connectivity index (χ1v) is 13.0. The minimum absolute atomic E-state index is 0.00785. The lowest BCUT2D eigenvalue weighted by atomic mass is 10.0. The van der Waals surface area contributed by atoms with Gasteiger partial charge in [0.1, 0.15) is 30.5 Å². The second-order valence-electron chi connectivity index (χ2n) is 9.51. The number of nitrogens with two attached hydrogens (primary N) is 1. The van der Waals surface area contributed by atoms with Crippen molar-refractivity contribution in [2.24, 2.45) is 5.73 Å². The molecule has 11 nitrogen and oxygen atoms in total. The van der Waals surface area contributed by atoms with Crippen molar-refractivity contribution in [2.75, 3.05) is 0 Å². The Labute approximate surface area is 237 Å². The number of aliphatic hydroxyl groups excluding tert-OH is 1. The van der Waals surface area contributed by atoms with E-state index in [1.165, 1.54) is 19.1 Å². The highest BCUT2D eigenvalue weighted by Crippen LogP contribution is 2.13. The summed E-state index contributed by atoms with van der Waals surface area (Å²) in [5, 5.41) is 27.1. The molecule has 41 heavy (non-hydrogen) atoms. The first-order chi connectivity index (χ1) is 19.6. The van der Waals surface area contributed by atoms with Gasteiger partial charge < -0.3 is 36.6 Å². The molecule has 0 aliphatic heterocycles. The monoisotopic (exact) mass is 562 g/mol. The summed E-state index contributed by atoms with van der Waals surface area (Å²) in [5.41, 5.74) is 7.43. The van der Waals surface area contributed by atoms with Gasteiger partial charge in [-0.2, -0.15) is 0 Å². The average molecular weight is 563 g/mol. The van der Waals surface area contributed by atoms with Gasteiger partial charge in [0.15, 0.2) is 0 Å². The van der Waals surface area contributed by atoms with Crippen LogP contribution in [-0.4, -0.2) is 58.3 Å². The molecule has 7 N–H and O–H groups in total. The van der Waals surface area contributed by atoms with Crippen LogP contribution in [-0.2, 0) is 38.6 Å². The fourth-order valence-corrected chi connectivity index (χ4v) is 4.00. The van der Waals surface area contributed by atoms with Crippen molar-refractivity contribution in [3.05, 3.63) is 102 Å². The lowest BCUT2D eigenvalue weighted by Gasteiger charge is -2.25. The number of carbonyl (C=O) groups excluding carboxylic acids is 4. The highest BCUT2D eigenvalue weighted by Gasteiger charge is 2.31. The van der Waals surface area contributed by atoms with Crippen LogP contribution in [0.1, 0.15) is 23.6 Å². The largest absolute Gasteiger partial charge is 0.508 e. The van der Waals surface area contributed by atoms with Crippen molar-refractivity contribution >= 4 is 23.8 Å². The molecule has 3 rings (SSSR count). The molecule has 0 bridgehead atoms. The van der Waals surface area contributed by atoms with Crippen molar-refractivity contribution in [2.45, 2.75) is 50.6 Å². The third-order valence-corrected chi connectivity index (χ3v) is 6.20. The molecule has 0 saturated heterocycles. The van der Waals surface area contributed by atoms with Crippen LogP contribution in [0, 0.1) is 0 Å². The second kappa shape index (κ2) is 15.0. The van der Waals surface area contributed by atoms with Gasteiger partial charge in [-0.25, -0.2) is 4.79 Å². The Morgan fingerprint density at radius 2 is 1.22 bits per heavy atom. The normalized spacial score (nSPS) is 13.6. The molecule has 3 aromatic carbocycles. The number of rotatable bonds is 13. The van der Waals surface area contributed by atoms with E-state index in [4.69, 9.17) is 10.5 Å². The quantitative estimate of drug-likeness (QED) is 0.182. The molecule has 0 radical (unpaired) electrons. The van der Waals surface area contributed by atoms with Gasteiger partial charge in [0.25, 0.3) is 0 Å². The number of hydrogen-bond donors (Lipinski definition) is 6. The maximum absolute atomic E-state index is 13.5. The first-order valence-electron chi connectivity index (χ1n) is 13.0. The zero-order valence-electron chi connectivity index (χ0n) is 22.5. The van der Waals surface area contributed by atoms with Gasteiger partial charge in [-0.05, 0) is 35.7 Å². The zero-order valence-corrected chi connectivity index (χ0v) is 22.5. The van der Waals surface area contributed by atoms with Crippen LogP contribution in [0.25, 0.3) is 0 Å². The first kappa shape index (κ1) is 30.6. The van der Waals surface area contributed by atoms with E-state index in [1.54, 1.807) is 48.5 Å². The van der Waals surface area contributed by atoms with Crippen LogP contribution in [0.4, 0.5) is 4.79 Å². The third kappa shape index (κ3) is 9.97. The summed E-state index contributed by atoms with van der Waals surface area (Å²) in [5.74, 6) is -2.39. The van der Waals surface area contributed by atoms with Crippen LogP contribution in [0.5, 0.6) is 5.75 Å². The van der Waals surface area contributed by atoms with E-state index in [-0.39, 0.29) is 25.2 Å². The number of aliphatic hydroxyl groups is 1. The minimum Gasteiger partial charge on any atom is -0.508 e. The smallest absolute Gasteiger partial charge is 0.408 e. The van der Waals surface area contributed by atoms with Crippen LogP contribution in [0.2, 0.25) is 0 Å². The number of carbonyl (C=O) groups is 4. The summed E-state index contributed by atoms with van der Waals surface area (Å²) >= 11 is 0. The maximum Gasteiger partial charge on any atom is 0.408 e. The Balaban J connectivity index is 1.80. The molecule has 0 aliphatic rings. The Kier molecular flexibility index (Phi) is 11.2. The number of amides is 4. The van der Waals surface area contributed by atoms with E-state index < -0.39 is 48.0 Å². The molecule has 4 amide bonds. The Morgan fingerprint density at radius 1 is 0.732 bits per heavy atom. The fraction of sp³-hybridized carbons (Fsp3) is 0.267. The van der Waals surface area contributed by atoms with E-state index in [0.29, 0.717) is 5.56 Å². The van der Waals surface area contributed by atoms with Crippen molar-refractivity contribution in [1.82, 2.24) is 16.0 Å². The van der Waals surface area contributed by atoms with Crippen molar-refractivity contribution in [3.63, 3.8) is 0 Å². The lowest BCUT2D eigenvalue weighted by Crippen LogP contribution is -2.59. The third-order valence-electron chi connectivity index (χ3n) is 6.20. The minimum atomic E-state index is -1.40. The van der Waals surface area contributed by atoms with Gasteiger partial charge in [0.05, 0.1) is 6.10 Å². The summed E-state index contributed by atoms with van der Waals surface area (Å²) in [6, 6.07) is 20.3. The fourth-order valence-electron chi connectivity index (χ4n) is 4.00. The van der Waals surface area contributed by atoms with Gasteiger partial charge >= 0.3 is 6.09 Å². The number of ether oxygens (including phenoxy) is 1. The van der Waals surface area contributed by atoms with Crippen molar-refractivity contribution in [1.29, 1.82) is 0 Å². The van der Waals surface area contributed by atoms with E-state index in [0.717, 1.165) is 11.1 Å². The molecule has 0 heterocycles. The Hall–Kier alpha value is -4.90. The average Bonchev–Trinajstić information content (AvgIpc) is 2.95. The van der Waals surface area contributed by atoms with Gasteiger partial charge in [0, 0.05) is 12.8 Å². The number of phenolic OH excluding ortho intramolecular Hbond substituents is 1. The molecule has 0 aliphatic carbocycles. The van der Waals surface area contributed by atoms with Gasteiger partial charge in [-0.1, -0.05) is 72.8 Å². The number of primary amides is 1. The molecule has 0 unspecified atom stereocenters. The molecule has 3 aromatic rings. The van der Waals surface area contributed by atoms with E-state index >= 15 is 0 Å². The molecule has 0 saturated carbocycles. The predicted molar refractivity (Wildman–Crippen MR) is 150 cm³/mol. The predicted octanol–water partition coefficient (Wildman–Crippen LogP) is 1.31. The molecule has 0 spiro atoms. The van der Waals surface area contributed by atoms with E-state index in [2.05, 4.69) is 16.0 Å². The number of alkyl carbamates (subject to hydrolysis) is 1. The standard InChI is InChI=1S/C30H34N4O7/c1-19(35)26(27(31)37)34-29(39)24(17-21-12-14-23(36)15-13-21)32-28(38)25(16-20-8-4-2-5-9-20)33-30(40)41-18-22-10-6-3-7-11-22/h2-15,19,24-26,35-36H,16-18H2,1H3,(H2,31,37)(H,32,38)(H,33,40)(H,34,39)/t19-,24-,25-,26-/m0/s1. The van der Waals surface area contributed by atoms with Crippen LogP contribution in [0.3, 0.4) is 0 Å². The highest BCUT2D eigenvalue weighted by atomic mass is 16.5. The summed E-state index contributed by atoms with van der Waals surface area (Å²) in [6.45, 7) is 1.29.